The van der Waals surface area contributed by atoms with Gasteiger partial charge in [-0.25, -0.2) is 9.59 Å². The van der Waals surface area contributed by atoms with Gasteiger partial charge in [0.15, 0.2) is 0 Å². The molecule has 2 atom stereocenters. The largest absolute Gasteiger partial charge is 0.480 e. The van der Waals surface area contributed by atoms with E-state index in [4.69, 9.17) is 5.11 Å². The van der Waals surface area contributed by atoms with Gasteiger partial charge in [-0.05, 0) is 26.7 Å². The Hall–Kier alpha value is -1.79. The molecule has 0 saturated carbocycles. The summed E-state index contributed by atoms with van der Waals surface area (Å²) in [5.41, 5.74) is -0.379. The van der Waals surface area contributed by atoms with Crippen molar-refractivity contribution in [3.8, 4) is 0 Å². The van der Waals surface area contributed by atoms with Crippen LogP contribution in [0.1, 0.15) is 41.0 Å². The number of carbonyl (C=O) groups excluding carboxylic acids is 2. The van der Waals surface area contributed by atoms with Crippen LogP contribution in [0.5, 0.6) is 0 Å². The Morgan fingerprint density at radius 1 is 1.20 bits per heavy atom. The molecule has 0 radical (unpaired) electrons. The number of amides is 3. The van der Waals surface area contributed by atoms with E-state index < -0.39 is 18.0 Å². The zero-order chi connectivity index (χ0) is 15.9. The van der Waals surface area contributed by atoms with Gasteiger partial charge in [-0.2, -0.15) is 0 Å². The van der Waals surface area contributed by atoms with Gasteiger partial charge < -0.3 is 21.1 Å². The third-order valence-corrected chi connectivity index (χ3v) is 2.69. The van der Waals surface area contributed by atoms with Crippen molar-refractivity contribution < 1.29 is 19.5 Å². The highest BCUT2D eigenvalue weighted by Gasteiger charge is 2.25. The number of aliphatic carboxylic acids is 1. The van der Waals surface area contributed by atoms with Crippen LogP contribution in [0, 0.1) is 5.92 Å². The summed E-state index contributed by atoms with van der Waals surface area (Å²) in [7, 11) is 0. The molecule has 1 unspecified atom stereocenters. The number of hydrogen-bond donors (Lipinski definition) is 4. The lowest BCUT2D eigenvalue weighted by Gasteiger charge is -2.22. The zero-order valence-electron chi connectivity index (χ0n) is 12.7. The molecule has 0 aliphatic rings. The Balaban J connectivity index is 4.28. The second-order valence-corrected chi connectivity index (χ2v) is 5.83. The van der Waals surface area contributed by atoms with E-state index in [9.17, 15) is 14.4 Å². The highest BCUT2D eigenvalue weighted by Crippen LogP contribution is 2.07. The number of carbonyl (C=O) groups is 3. The monoisotopic (exact) mass is 287 g/mol. The first-order valence-corrected chi connectivity index (χ1v) is 6.65. The predicted molar refractivity (Wildman–Crippen MR) is 75.3 cm³/mol. The Bertz CT molecular complexity index is 363. The molecule has 116 valence electrons. The van der Waals surface area contributed by atoms with Crippen LogP contribution in [-0.2, 0) is 9.59 Å². The van der Waals surface area contributed by atoms with E-state index in [2.05, 4.69) is 16.0 Å². The second kappa shape index (κ2) is 7.72. The summed E-state index contributed by atoms with van der Waals surface area (Å²) < 4.78 is 0. The number of urea groups is 1. The van der Waals surface area contributed by atoms with E-state index in [0.717, 1.165) is 0 Å². The minimum Gasteiger partial charge on any atom is -0.480 e. The standard InChI is InChI=1S/C13H25N3O4/c1-6-8(2)10(11(18)19)15-12(20)14-7-9(17)16-13(3,4)5/h8,10H,6-7H2,1-5H3,(H,16,17)(H,18,19)(H2,14,15,20)/t8?,10-/m0/s1. The minimum atomic E-state index is -1.09. The predicted octanol–water partition coefficient (Wildman–Crippen LogP) is 0.700. The van der Waals surface area contributed by atoms with Crippen LogP contribution in [-0.4, -0.2) is 41.1 Å². The molecule has 0 aliphatic heterocycles. The van der Waals surface area contributed by atoms with E-state index >= 15 is 0 Å². The number of hydrogen-bond acceptors (Lipinski definition) is 3. The molecule has 4 N–H and O–H groups in total. The molecule has 0 aliphatic carbocycles. The van der Waals surface area contributed by atoms with E-state index in [1.807, 2.05) is 27.7 Å². The van der Waals surface area contributed by atoms with Crippen molar-refractivity contribution in [2.24, 2.45) is 5.92 Å². The van der Waals surface area contributed by atoms with E-state index in [0.29, 0.717) is 6.42 Å². The van der Waals surface area contributed by atoms with Crippen molar-refractivity contribution in [2.45, 2.75) is 52.6 Å². The van der Waals surface area contributed by atoms with Gasteiger partial charge in [0.2, 0.25) is 5.91 Å². The molecule has 20 heavy (non-hydrogen) atoms. The second-order valence-electron chi connectivity index (χ2n) is 5.83. The maximum Gasteiger partial charge on any atom is 0.326 e. The van der Waals surface area contributed by atoms with Crippen LogP contribution in [0.4, 0.5) is 4.79 Å². The topological polar surface area (TPSA) is 108 Å². The molecule has 3 amide bonds. The van der Waals surface area contributed by atoms with Crippen LogP contribution in [0.3, 0.4) is 0 Å². The Kier molecular flexibility index (Phi) is 7.02. The van der Waals surface area contributed by atoms with Gasteiger partial charge in [-0.1, -0.05) is 20.3 Å². The third-order valence-electron chi connectivity index (χ3n) is 2.69. The van der Waals surface area contributed by atoms with Gasteiger partial charge in [0.1, 0.15) is 6.04 Å². The highest BCUT2D eigenvalue weighted by atomic mass is 16.4. The van der Waals surface area contributed by atoms with Gasteiger partial charge in [0.25, 0.3) is 0 Å². The number of nitrogens with one attached hydrogen (secondary N) is 3. The summed E-state index contributed by atoms with van der Waals surface area (Å²) in [5, 5.41) is 16.4. The Morgan fingerprint density at radius 2 is 1.75 bits per heavy atom. The molecular formula is C13H25N3O4. The molecule has 0 fully saturated rings. The van der Waals surface area contributed by atoms with Crippen molar-refractivity contribution >= 4 is 17.9 Å². The molecule has 0 saturated heterocycles. The maximum absolute atomic E-state index is 11.6. The average Bonchev–Trinajstić information content (AvgIpc) is 2.30. The normalized spacial score (nSPS) is 14.1. The SMILES string of the molecule is CCC(C)[C@H](NC(=O)NCC(=O)NC(C)(C)C)C(=O)O. The lowest BCUT2D eigenvalue weighted by Crippen LogP contribution is -2.52. The third kappa shape index (κ3) is 7.60. The smallest absolute Gasteiger partial charge is 0.326 e. The van der Waals surface area contributed by atoms with Crippen molar-refractivity contribution in [3.63, 3.8) is 0 Å². The van der Waals surface area contributed by atoms with E-state index in [1.54, 1.807) is 6.92 Å². The van der Waals surface area contributed by atoms with E-state index in [1.165, 1.54) is 0 Å². The molecule has 0 spiro atoms. The summed E-state index contributed by atoms with van der Waals surface area (Å²) in [6.07, 6.45) is 0.627. The van der Waals surface area contributed by atoms with Crippen LogP contribution < -0.4 is 16.0 Å². The van der Waals surface area contributed by atoms with Crippen LogP contribution in [0.2, 0.25) is 0 Å². The molecule has 7 heteroatoms. The van der Waals surface area contributed by atoms with Crippen molar-refractivity contribution in [2.75, 3.05) is 6.54 Å². The lowest BCUT2D eigenvalue weighted by atomic mass is 9.99. The van der Waals surface area contributed by atoms with Gasteiger partial charge in [-0.3, -0.25) is 4.79 Å². The minimum absolute atomic E-state index is 0.193. The van der Waals surface area contributed by atoms with Gasteiger partial charge in [0.05, 0.1) is 6.54 Å². The van der Waals surface area contributed by atoms with Gasteiger partial charge in [0, 0.05) is 5.54 Å². The van der Waals surface area contributed by atoms with Gasteiger partial charge >= 0.3 is 12.0 Å². The first-order chi connectivity index (χ1) is 9.06. The van der Waals surface area contributed by atoms with Crippen LogP contribution in [0.25, 0.3) is 0 Å². The Labute approximate surface area is 119 Å². The number of carboxylic acid groups (broad SMARTS) is 1. The first-order valence-electron chi connectivity index (χ1n) is 6.65. The fourth-order valence-electron chi connectivity index (χ4n) is 1.50. The number of rotatable bonds is 6. The molecule has 0 heterocycles. The lowest BCUT2D eigenvalue weighted by molar-refractivity contribution is -0.140. The molecule has 0 rings (SSSR count). The molecule has 0 aromatic rings. The molecule has 0 aromatic heterocycles. The van der Waals surface area contributed by atoms with Gasteiger partial charge in [-0.15, -0.1) is 0 Å². The fourth-order valence-corrected chi connectivity index (χ4v) is 1.50. The van der Waals surface area contributed by atoms with Crippen LogP contribution >= 0.6 is 0 Å². The number of carboxylic acids is 1. The summed E-state index contributed by atoms with van der Waals surface area (Å²) in [6, 6.07) is -1.63. The zero-order valence-corrected chi connectivity index (χ0v) is 12.7. The highest BCUT2D eigenvalue weighted by molar-refractivity contribution is 5.86. The molecule has 0 bridgehead atoms. The fraction of sp³-hybridized carbons (Fsp3) is 0.769. The van der Waals surface area contributed by atoms with Crippen molar-refractivity contribution in [3.05, 3.63) is 0 Å². The summed E-state index contributed by atoms with van der Waals surface area (Å²) in [6.45, 7) is 8.87. The van der Waals surface area contributed by atoms with Crippen LogP contribution in [0.15, 0.2) is 0 Å². The van der Waals surface area contributed by atoms with Crippen molar-refractivity contribution in [1.29, 1.82) is 0 Å². The van der Waals surface area contributed by atoms with E-state index in [-0.39, 0.29) is 23.9 Å². The maximum atomic E-state index is 11.6. The average molecular weight is 287 g/mol. The molecule has 0 aromatic carbocycles. The quantitative estimate of drug-likeness (QED) is 0.576. The molecule has 7 nitrogen and oxygen atoms in total. The van der Waals surface area contributed by atoms with Crippen molar-refractivity contribution in [1.82, 2.24) is 16.0 Å². The summed E-state index contributed by atoms with van der Waals surface area (Å²) >= 11 is 0. The first kappa shape index (κ1) is 18.2. The summed E-state index contributed by atoms with van der Waals surface area (Å²) in [4.78, 5) is 34.1. The summed E-state index contributed by atoms with van der Waals surface area (Å²) in [5.74, 6) is -1.61. The Morgan fingerprint density at radius 3 is 2.15 bits per heavy atom. The molecular weight excluding hydrogens is 262 g/mol.